The van der Waals surface area contributed by atoms with Crippen LogP contribution in [0.4, 0.5) is 4.79 Å². The minimum atomic E-state index is -0.253. The van der Waals surface area contributed by atoms with Gasteiger partial charge in [0.2, 0.25) is 0 Å². The molecule has 5 heteroatoms. The molecular weight excluding hydrogens is 240 g/mol. The molecule has 1 unspecified atom stereocenters. The Balaban J connectivity index is 2.02. The van der Waals surface area contributed by atoms with Crippen molar-refractivity contribution >= 4 is 17.6 Å². The molecule has 4 nitrogen and oxygen atoms in total. The highest BCUT2D eigenvalue weighted by molar-refractivity contribution is 6.31. The highest BCUT2D eigenvalue weighted by atomic mass is 35.5. The molecule has 92 valence electrons. The van der Waals surface area contributed by atoms with Gasteiger partial charge in [0.1, 0.15) is 0 Å². The van der Waals surface area contributed by atoms with Crippen LogP contribution < -0.4 is 10.6 Å². The van der Waals surface area contributed by atoms with Gasteiger partial charge >= 0.3 is 6.03 Å². The van der Waals surface area contributed by atoms with Crippen molar-refractivity contribution in [1.29, 1.82) is 0 Å². The molecule has 0 aromatic heterocycles. The average Bonchev–Trinajstić information content (AvgIpc) is 2.71. The molecule has 3 N–H and O–H groups in total. The smallest absolute Gasteiger partial charge is 0.315 e. The molecule has 0 spiro atoms. The van der Waals surface area contributed by atoms with Gasteiger partial charge in [-0.05, 0) is 30.0 Å². The van der Waals surface area contributed by atoms with Crippen LogP contribution in [0.2, 0.25) is 5.02 Å². The van der Waals surface area contributed by atoms with Crippen molar-refractivity contribution < 1.29 is 9.90 Å². The van der Waals surface area contributed by atoms with Gasteiger partial charge in [-0.25, -0.2) is 4.79 Å². The lowest BCUT2D eigenvalue weighted by Gasteiger charge is -2.14. The topological polar surface area (TPSA) is 61.4 Å². The number of carbonyl (C=O) groups excluding carboxylic acids is 1. The number of carbonyl (C=O) groups is 1. The molecule has 1 aromatic rings. The molecule has 0 heterocycles. The van der Waals surface area contributed by atoms with Crippen molar-refractivity contribution in [1.82, 2.24) is 10.6 Å². The minimum absolute atomic E-state index is 0.0161. The van der Waals surface area contributed by atoms with Crippen molar-refractivity contribution in [2.45, 2.75) is 18.9 Å². The van der Waals surface area contributed by atoms with Gasteiger partial charge in [0.05, 0.1) is 12.6 Å². The first-order valence-corrected chi connectivity index (χ1v) is 6.02. The Labute approximate surface area is 105 Å². The summed E-state index contributed by atoms with van der Waals surface area (Å²) in [6.07, 6.45) is 1.76. The zero-order valence-electron chi connectivity index (χ0n) is 9.37. The number of benzene rings is 1. The molecule has 0 bridgehead atoms. The molecule has 0 saturated carbocycles. The zero-order valence-corrected chi connectivity index (χ0v) is 10.1. The minimum Gasteiger partial charge on any atom is -0.395 e. The standard InChI is InChI=1S/C12H15ClN2O2/c13-10-3-1-2-9-8(10)4-5-11(9)15-12(17)14-6-7-16/h1-3,11,16H,4-7H2,(H2,14,15,17). The van der Waals surface area contributed by atoms with E-state index in [0.29, 0.717) is 0 Å². The van der Waals surface area contributed by atoms with Crippen LogP contribution in [0.5, 0.6) is 0 Å². The maximum absolute atomic E-state index is 11.5. The number of hydrogen-bond donors (Lipinski definition) is 3. The van der Waals surface area contributed by atoms with Gasteiger partial charge in [0, 0.05) is 11.6 Å². The second-order valence-corrected chi connectivity index (χ2v) is 4.43. The number of fused-ring (bicyclic) bond motifs is 1. The number of aliphatic hydroxyl groups excluding tert-OH is 1. The SMILES string of the molecule is O=C(NCCO)NC1CCc2c(Cl)cccc21. The van der Waals surface area contributed by atoms with Gasteiger partial charge in [-0.2, -0.15) is 0 Å². The largest absolute Gasteiger partial charge is 0.395 e. The van der Waals surface area contributed by atoms with E-state index in [1.165, 1.54) is 0 Å². The van der Waals surface area contributed by atoms with E-state index in [9.17, 15) is 4.79 Å². The van der Waals surface area contributed by atoms with Crippen LogP contribution in [-0.2, 0) is 6.42 Å². The highest BCUT2D eigenvalue weighted by Gasteiger charge is 2.25. The fraction of sp³-hybridized carbons (Fsp3) is 0.417. The van der Waals surface area contributed by atoms with Gasteiger partial charge in [0.25, 0.3) is 0 Å². The van der Waals surface area contributed by atoms with Gasteiger partial charge in [-0.1, -0.05) is 23.7 Å². The molecule has 2 rings (SSSR count). The van der Waals surface area contributed by atoms with E-state index < -0.39 is 0 Å². The van der Waals surface area contributed by atoms with Crippen molar-refractivity contribution in [3.63, 3.8) is 0 Å². The van der Waals surface area contributed by atoms with Crippen LogP contribution in [0.15, 0.2) is 18.2 Å². The van der Waals surface area contributed by atoms with E-state index in [0.717, 1.165) is 29.0 Å². The van der Waals surface area contributed by atoms with E-state index in [2.05, 4.69) is 10.6 Å². The Bertz CT molecular complexity index is 423. The lowest BCUT2D eigenvalue weighted by atomic mass is 10.1. The molecule has 0 saturated heterocycles. The summed E-state index contributed by atoms with van der Waals surface area (Å²) in [6, 6.07) is 5.52. The number of halogens is 1. The van der Waals surface area contributed by atoms with Gasteiger partial charge < -0.3 is 15.7 Å². The molecule has 1 aromatic carbocycles. The van der Waals surface area contributed by atoms with Crippen LogP contribution in [0.25, 0.3) is 0 Å². The summed E-state index contributed by atoms with van der Waals surface area (Å²) in [5.74, 6) is 0. The Kier molecular flexibility index (Phi) is 3.86. The van der Waals surface area contributed by atoms with Crippen LogP contribution in [0, 0.1) is 0 Å². The molecular formula is C12H15ClN2O2. The summed E-state index contributed by atoms with van der Waals surface area (Å²) in [5, 5.41) is 14.8. The molecule has 17 heavy (non-hydrogen) atoms. The number of amides is 2. The van der Waals surface area contributed by atoms with Crippen LogP contribution in [0.3, 0.4) is 0 Å². The highest BCUT2D eigenvalue weighted by Crippen LogP contribution is 2.35. The Morgan fingerprint density at radius 2 is 2.35 bits per heavy atom. The summed E-state index contributed by atoms with van der Waals surface area (Å²) >= 11 is 6.09. The number of aliphatic hydroxyl groups is 1. The number of urea groups is 1. The molecule has 0 radical (unpaired) electrons. The maximum Gasteiger partial charge on any atom is 0.315 e. The molecule has 0 fully saturated rings. The van der Waals surface area contributed by atoms with E-state index in [-0.39, 0.29) is 25.2 Å². The fourth-order valence-electron chi connectivity index (χ4n) is 2.14. The molecule has 0 aliphatic heterocycles. The first-order valence-electron chi connectivity index (χ1n) is 5.65. The third kappa shape index (κ3) is 2.70. The van der Waals surface area contributed by atoms with Gasteiger partial charge in [-0.15, -0.1) is 0 Å². The second kappa shape index (κ2) is 5.38. The normalized spacial score (nSPS) is 17.6. The first kappa shape index (κ1) is 12.2. The number of hydrogen-bond acceptors (Lipinski definition) is 2. The quantitative estimate of drug-likeness (QED) is 0.768. The summed E-state index contributed by atoms with van der Waals surface area (Å²) < 4.78 is 0. The van der Waals surface area contributed by atoms with Gasteiger partial charge in [0.15, 0.2) is 0 Å². The number of nitrogens with one attached hydrogen (secondary N) is 2. The Morgan fingerprint density at radius 3 is 3.12 bits per heavy atom. The summed E-state index contributed by atoms with van der Waals surface area (Å²) in [6.45, 7) is 0.210. The van der Waals surface area contributed by atoms with E-state index in [1.807, 2.05) is 18.2 Å². The fourth-order valence-corrected chi connectivity index (χ4v) is 2.41. The first-order chi connectivity index (χ1) is 8.22. The van der Waals surface area contributed by atoms with Crippen LogP contribution in [-0.4, -0.2) is 24.3 Å². The average molecular weight is 255 g/mol. The van der Waals surface area contributed by atoms with E-state index in [4.69, 9.17) is 16.7 Å². The van der Waals surface area contributed by atoms with Crippen LogP contribution >= 0.6 is 11.6 Å². The molecule has 1 aliphatic rings. The van der Waals surface area contributed by atoms with E-state index in [1.54, 1.807) is 0 Å². The predicted molar refractivity (Wildman–Crippen MR) is 66.1 cm³/mol. The predicted octanol–water partition coefficient (Wildman–Crippen LogP) is 1.62. The Morgan fingerprint density at radius 1 is 1.53 bits per heavy atom. The van der Waals surface area contributed by atoms with Crippen LogP contribution in [0.1, 0.15) is 23.6 Å². The van der Waals surface area contributed by atoms with Gasteiger partial charge in [-0.3, -0.25) is 0 Å². The van der Waals surface area contributed by atoms with Crippen molar-refractivity contribution in [2.24, 2.45) is 0 Å². The molecule has 1 atom stereocenters. The molecule has 1 aliphatic carbocycles. The van der Waals surface area contributed by atoms with Crippen molar-refractivity contribution in [2.75, 3.05) is 13.2 Å². The summed E-state index contributed by atoms with van der Waals surface area (Å²) in [4.78, 5) is 11.5. The third-order valence-electron chi connectivity index (χ3n) is 2.92. The van der Waals surface area contributed by atoms with Crippen molar-refractivity contribution in [3.8, 4) is 0 Å². The third-order valence-corrected chi connectivity index (χ3v) is 3.27. The maximum atomic E-state index is 11.5. The number of rotatable bonds is 3. The van der Waals surface area contributed by atoms with Crippen molar-refractivity contribution in [3.05, 3.63) is 34.3 Å². The second-order valence-electron chi connectivity index (χ2n) is 4.02. The lowest BCUT2D eigenvalue weighted by molar-refractivity contribution is 0.230. The monoisotopic (exact) mass is 254 g/mol. The summed E-state index contributed by atoms with van der Waals surface area (Å²) in [5.41, 5.74) is 2.22. The molecule has 2 amide bonds. The summed E-state index contributed by atoms with van der Waals surface area (Å²) in [7, 11) is 0. The van der Waals surface area contributed by atoms with E-state index >= 15 is 0 Å². The lowest BCUT2D eigenvalue weighted by Crippen LogP contribution is -2.38. The Hall–Kier alpha value is -1.26. The zero-order chi connectivity index (χ0) is 12.3.